The lowest BCUT2D eigenvalue weighted by molar-refractivity contribution is 0.178. The molecule has 0 spiro atoms. The number of rotatable bonds is 15. The summed E-state index contributed by atoms with van der Waals surface area (Å²) in [5, 5.41) is 21.0. The lowest BCUT2D eigenvalue weighted by Gasteiger charge is -2.24. The fraction of sp³-hybridized carbons (Fsp3) is 1.00. The summed E-state index contributed by atoms with van der Waals surface area (Å²) in [6.07, 6.45) is 0. The molecule has 0 rings (SSSR count). The molecule has 0 atom stereocenters. The molecule has 0 radical (unpaired) electrons. The van der Waals surface area contributed by atoms with E-state index in [2.05, 4.69) is 70.6 Å². The summed E-state index contributed by atoms with van der Waals surface area (Å²) in [5.41, 5.74) is 0. The van der Waals surface area contributed by atoms with Crippen LogP contribution in [-0.4, -0.2) is 115 Å². The molecule has 0 amide bonds. The molecule has 0 heterocycles. The summed E-state index contributed by atoms with van der Waals surface area (Å²) in [5.74, 6) is 0. The molecule has 0 unspecified atom stereocenters. The number of nitrogens with zero attached hydrogens (tertiary/aromatic N) is 3. The largest absolute Gasteiger partial charge is 0.395 e. The zero-order valence-electron chi connectivity index (χ0n) is 19.0. The third-order valence-electron chi connectivity index (χ3n) is 4.32. The summed E-state index contributed by atoms with van der Waals surface area (Å²) < 4.78 is 0. The monoisotopic (exact) mass is 456 g/mol. The van der Waals surface area contributed by atoms with Gasteiger partial charge in [0.1, 0.15) is 0 Å². The normalized spacial score (nSPS) is 10.7. The van der Waals surface area contributed by atoms with Crippen molar-refractivity contribution in [2.24, 2.45) is 0 Å². The number of hydrogen-bond acceptors (Lipinski definition) is 6. The Morgan fingerprint density at radius 2 is 1.07 bits per heavy atom. The third kappa shape index (κ3) is 26.2. The van der Waals surface area contributed by atoms with Gasteiger partial charge in [-0.2, -0.15) is 0 Å². The van der Waals surface area contributed by atoms with Crippen LogP contribution in [0, 0.1) is 0 Å². The van der Waals surface area contributed by atoms with Crippen molar-refractivity contribution in [3.63, 3.8) is 0 Å². The van der Waals surface area contributed by atoms with Gasteiger partial charge in [-0.1, -0.05) is 57.5 Å². The van der Waals surface area contributed by atoms with E-state index < -0.39 is 0 Å². The van der Waals surface area contributed by atoms with Gasteiger partial charge in [0.2, 0.25) is 0 Å². The fourth-order valence-electron chi connectivity index (χ4n) is 2.31. The first-order valence-corrected chi connectivity index (χ1v) is 11.8. The molecular formula is C20H49BrN4O2. The Labute approximate surface area is 178 Å². The van der Waals surface area contributed by atoms with Gasteiger partial charge in [-0.25, -0.2) is 0 Å². The molecule has 27 heavy (non-hydrogen) atoms. The van der Waals surface area contributed by atoms with E-state index in [1.54, 1.807) is 0 Å². The number of aliphatic hydroxyl groups is 2. The van der Waals surface area contributed by atoms with E-state index in [4.69, 9.17) is 10.2 Å². The van der Waals surface area contributed by atoms with Gasteiger partial charge in [-0.05, 0) is 39.3 Å². The van der Waals surface area contributed by atoms with Crippen molar-refractivity contribution in [3.05, 3.63) is 0 Å². The molecule has 6 nitrogen and oxygen atoms in total. The van der Waals surface area contributed by atoms with E-state index in [9.17, 15) is 0 Å². The minimum Gasteiger partial charge on any atom is -0.395 e. The van der Waals surface area contributed by atoms with Crippen molar-refractivity contribution in [2.75, 3.05) is 90.5 Å². The molecular weight excluding hydrogens is 408 g/mol. The summed E-state index contributed by atoms with van der Waals surface area (Å²) in [7, 11) is 0. The van der Waals surface area contributed by atoms with Gasteiger partial charge in [0, 0.05) is 38.1 Å². The second kappa shape index (κ2) is 28.4. The standard InChI is InChI=1S/C10H24N2O.C6H14BrN.C4H11NO/c1-4-11(5-2)7-8-12(6-3)9-10-13;1-3-8(4-2)6-5-7;1-2-5-3-4-6/h13H,4-10H2,1-3H3;3-6H2,1-2H3;5-6H,2-4H2,1H3. The van der Waals surface area contributed by atoms with Gasteiger partial charge in [0.05, 0.1) is 13.2 Å². The molecule has 0 aromatic carbocycles. The van der Waals surface area contributed by atoms with E-state index in [1.807, 2.05) is 6.92 Å². The van der Waals surface area contributed by atoms with Crippen LogP contribution in [0.3, 0.4) is 0 Å². The fourth-order valence-corrected chi connectivity index (χ4v) is 2.81. The first-order valence-electron chi connectivity index (χ1n) is 10.7. The number of halogens is 1. The quantitative estimate of drug-likeness (QED) is 0.258. The molecule has 0 aliphatic rings. The van der Waals surface area contributed by atoms with Crippen LogP contribution in [0.4, 0.5) is 0 Å². The number of aliphatic hydroxyl groups excluding tert-OH is 2. The Bertz CT molecular complexity index is 240. The number of likely N-dealkylation sites (N-methyl/N-ethyl adjacent to an activating group) is 3. The lowest BCUT2D eigenvalue weighted by atomic mass is 10.4. The van der Waals surface area contributed by atoms with Gasteiger partial charge in [-0.15, -0.1) is 0 Å². The smallest absolute Gasteiger partial charge is 0.0558 e. The summed E-state index contributed by atoms with van der Waals surface area (Å²) in [6, 6.07) is 0. The van der Waals surface area contributed by atoms with E-state index in [-0.39, 0.29) is 13.2 Å². The van der Waals surface area contributed by atoms with Crippen LogP contribution >= 0.6 is 15.9 Å². The third-order valence-corrected chi connectivity index (χ3v) is 4.68. The summed E-state index contributed by atoms with van der Waals surface area (Å²) in [4.78, 5) is 7.06. The number of nitrogens with one attached hydrogen (secondary N) is 1. The van der Waals surface area contributed by atoms with Gasteiger partial charge >= 0.3 is 0 Å². The molecule has 0 aliphatic heterocycles. The summed E-state index contributed by atoms with van der Waals surface area (Å²) in [6.45, 7) is 24.8. The highest BCUT2D eigenvalue weighted by Crippen LogP contribution is 1.91. The van der Waals surface area contributed by atoms with E-state index in [0.717, 1.165) is 57.7 Å². The second-order valence-electron chi connectivity index (χ2n) is 5.98. The zero-order chi connectivity index (χ0) is 21.3. The molecule has 0 bridgehead atoms. The molecule has 0 fully saturated rings. The number of hydrogen-bond donors (Lipinski definition) is 3. The molecule has 0 aliphatic carbocycles. The zero-order valence-corrected chi connectivity index (χ0v) is 20.6. The predicted octanol–water partition coefficient (Wildman–Crippen LogP) is 1.95. The minimum atomic E-state index is 0.244. The molecule has 0 aromatic heterocycles. The average Bonchev–Trinajstić information content (AvgIpc) is 2.71. The van der Waals surface area contributed by atoms with Crippen LogP contribution in [0.2, 0.25) is 0 Å². The minimum absolute atomic E-state index is 0.244. The Hall–Kier alpha value is 0.240. The van der Waals surface area contributed by atoms with Crippen molar-refractivity contribution in [1.82, 2.24) is 20.0 Å². The first-order chi connectivity index (χ1) is 13.0. The molecule has 3 N–H and O–H groups in total. The van der Waals surface area contributed by atoms with Gasteiger partial charge in [0.25, 0.3) is 0 Å². The first kappa shape index (κ1) is 31.9. The lowest BCUT2D eigenvalue weighted by Crippen LogP contribution is -2.36. The van der Waals surface area contributed by atoms with Crippen molar-refractivity contribution >= 4 is 15.9 Å². The van der Waals surface area contributed by atoms with Crippen LogP contribution in [0.15, 0.2) is 0 Å². The van der Waals surface area contributed by atoms with E-state index in [1.165, 1.54) is 19.6 Å². The average molecular weight is 458 g/mol. The summed E-state index contributed by atoms with van der Waals surface area (Å²) >= 11 is 3.39. The highest BCUT2D eigenvalue weighted by Gasteiger charge is 2.03. The van der Waals surface area contributed by atoms with Crippen molar-refractivity contribution in [3.8, 4) is 0 Å². The number of alkyl halides is 1. The predicted molar refractivity (Wildman–Crippen MR) is 124 cm³/mol. The maximum Gasteiger partial charge on any atom is 0.0558 e. The van der Waals surface area contributed by atoms with E-state index in [0.29, 0.717) is 0 Å². The van der Waals surface area contributed by atoms with Crippen LogP contribution < -0.4 is 5.32 Å². The maximum absolute atomic E-state index is 8.79. The molecule has 0 saturated carbocycles. The van der Waals surface area contributed by atoms with Gasteiger partial charge < -0.3 is 30.2 Å². The molecule has 7 heteroatoms. The molecule has 0 saturated heterocycles. The van der Waals surface area contributed by atoms with Crippen molar-refractivity contribution in [1.29, 1.82) is 0 Å². The Kier molecular flexibility index (Phi) is 33.6. The van der Waals surface area contributed by atoms with Crippen LogP contribution in [-0.2, 0) is 0 Å². The topological polar surface area (TPSA) is 62.2 Å². The second-order valence-corrected chi connectivity index (χ2v) is 6.77. The highest BCUT2D eigenvalue weighted by atomic mass is 79.9. The van der Waals surface area contributed by atoms with E-state index >= 15 is 0 Å². The molecule has 168 valence electrons. The van der Waals surface area contributed by atoms with Crippen molar-refractivity contribution in [2.45, 2.75) is 41.5 Å². The van der Waals surface area contributed by atoms with Crippen LogP contribution in [0.5, 0.6) is 0 Å². The maximum atomic E-state index is 8.79. The Morgan fingerprint density at radius 3 is 1.33 bits per heavy atom. The van der Waals surface area contributed by atoms with Gasteiger partial charge in [-0.3, -0.25) is 0 Å². The van der Waals surface area contributed by atoms with Crippen LogP contribution in [0.1, 0.15) is 41.5 Å². The Morgan fingerprint density at radius 1 is 0.630 bits per heavy atom. The Balaban J connectivity index is -0.000000351. The van der Waals surface area contributed by atoms with Crippen LogP contribution in [0.25, 0.3) is 0 Å². The highest BCUT2D eigenvalue weighted by molar-refractivity contribution is 9.09. The molecule has 0 aromatic rings. The van der Waals surface area contributed by atoms with Crippen molar-refractivity contribution < 1.29 is 10.2 Å². The van der Waals surface area contributed by atoms with Gasteiger partial charge in [0.15, 0.2) is 0 Å². The SMILES string of the molecule is CCN(CC)CCBr.CCN(CC)CCN(CC)CCO.CCNCCO.